The summed E-state index contributed by atoms with van der Waals surface area (Å²) in [5, 5.41) is 0. The lowest BCUT2D eigenvalue weighted by Crippen LogP contribution is -2.46. The predicted octanol–water partition coefficient (Wildman–Crippen LogP) is 2.62. The molecule has 2 aromatic carbocycles. The number of nitrogens with zero attached hydrogens (tertiary/aromatic N) is 2. The molecule has 2 aliphatic heterocycles. The highest BCUT2D eigenvalue weighted by Crippen LogP contribution is 2.29. The largest absolute Gasteiger partial charge is 0.491 e. The highest BCUT2D eigenvalue weighted by Gasteiger charge is 2.30. The zero-order valence-corrected chi connectivity index (χ0v) is 17.7. The molecule has 2 N–H and O–H groups in total. The fraction of sp³-hybridized carbons (Fsp3) is 0.364. The van der Waals surface area contributed by atoms with E-state index in [1.165, 1.54) is 0 Å². The van der Waals surface area contributed by atoms with Crippen molar-refractivity contribution in [3.8, 4) is 5.75 Å². The molecule has 2 aliphatic rings. The number of hydrogen-bond donors (Lipinski definition) is 1. The molecule has 0 bridgehead atoms. The first-order valence-corrected chi connectivity index (χ1v) is 11.7. The van der Waals surface area contributed by atoms with E-state index in [2.05, 4.69) is 4.40 Å². The Bertz CT molecular complexity index is 1110. The van der Waals surface area contributed by atoms with Crippen LogP contribution in [-0.4, -0.2) is 44.3 Å². The maximum absolute atomic E-state index is 13.1. The Labute approximate surface area is 176 Å². The Kier molecular flexibility index (Phi) is 5.51. The number of amidine groups is 1. The number of likely N-dealkylation sites (tertiary alicyclic amines) is 1. The molecular weight excluding hydrogens is 402 g/mol. The van der Waals surface area contributed by atoms with Crippen LogP contribution in [0.1, 0.15) is 46.3 Å². The van der Waals surface area contributed by atoms with Crippen molar-refractivity contribution < 1.29 is 17.9 Å². The summed E-state index contributed by atoms with van der Waals surface area (Å²) in [6, 6.07) is 12.8. The molecular formula is C22H25N3O4S. The molecule has 1 amide bonds. The summed E-state index contributed by atoms with van der Waals surface area (Å²) in [7, 11) is -3.60. The Morgan fingerprint density at radius 2 is 2.03 bits per heavy atom. The topological polar surface area (TPSA) is 102 Å². The second kappa shape index (κ2) is 8.10. The van der Waals surface area contributed by atoms with Gasteiger partial charge in [0, 0.05) is 12.1 Å². The highest BCUT2D eigenvalue weighted by molar-refractivity contribution is 7.89. The first kappa shape index (κ1) is 20.4. The van der Waals surface area contributed by atoms with Gasteiger partial charge in [-0.2, -0.15) is 0 Å². The molecule has 0 spiro atoms. The summed E-state index contributed by atoms with van der Waals surface area (Å²) in [5.74, 6) is 0.261. The molecule has 8 heteroatoms. The van der Waals surface area contributed by atoms with Gasteiger partial charge < -0.3 is 15.4 Å². The molecule has 1 fully saturated rings. The summed E-state index contributed by atoms with van der Waals surface area (Å²) in [5.41, 5.74) is 8.76. The van der Waals surface area contributed by atoms with Gasteiger partial charge >= 0.3 is 0 Å². The van der Waals surface area contributed by atoms with Crippen molar-refractivity contribution in [3.05, 3.63) is 64.7 Å². The number of rotatable bonds is 4. The number of hydrogen-bond acceptors (Lipinski definition) is 5. The highest BCUT2D eigenvalue weighted by atomic mass is 32.2. The summed E-state index contributed by atoms with van der Waals surface area (Å²) in [6.07, 6.45) is 2.84. The van der Waals surface area contributed by atoms with Gasteiger partial charge in [0.05, 0.1) is 17.4 Å². The Morgan fingerprint density at radius 1 is 1.23 bits per heavy atom. The standard InChI is InChI=1S/C22H25N3O4S/c1-15-6-4-7-16(12-15)22(26)25-11-3-2-9-18(25)13-29-19-10-5-8-17-14-30(27,28)24-21(23)20(17)19/h4-8,10,12,18H,2-3,9,11,13-14H2,1H3,(H2,23,24)/t18-/m1/s1. The lowest BCUT2D eigenvalue weighted by atomic mass is 10.0. The number of carbonyl (C=O) groups excluding carboxylic acids is 1. The van der Waals surface area contributed by atoms with Crippen molar-refractivity contribution in [3.63, 3.8) is 0 Å². The number of aryl methyl sites for hydroxylation is 1. The van der Waals surface area contributed by atoms with E-state index in [-0.39, 0.29) is 23.5 Å². The summed E-state index contributed by atoms with van der Waals surface area (Å²) in [6.45, 7) is 2.97. The van der Waals surface area contributed by atoms with Crippen LogP contribution in [0.15, 0.2) is 46.9 Å². The number of ether oxygens (including phenoxy) is 1. The smallest absolute Gasteiger partial charge is 0.259 e. The number of carbonyl (C=O) groups is 1. The van der Waals surface area contributed by atoms with E-state index in [9.17, 15) is 13.2 Å². The molecule has 1 saturated heterocycles. The number of fused-ring (bicyclic) bond motifs is 1. The van der Waals surface area contributed by atoms with Gasteiger partial charge in [-0.25, -0.2) is 8.42 Å². The molecule has 158 valence electrons. The van der Waals surface area contributed by atoms with Gasteiger partial charge in [-0.15, -0.1) is 4.40 Å². The van der Waals surface area contributed by atoms with Crippen molar-refractivity contribution in [2.45, 2.75) is 38.0 Å². The van der Waals surface area contributed by atoms with Crippen molar-refractivity contribution in [2.75, 3.05) is 13.2 Å². The zero-order valence-electron chi connectivity index (χ0n) is 16.9. The van der Waals surface area contributed by atoms with Crippen molar-refractivity contribution in [1.82, 2.24) is 4.90 Å². The molecule has 0 aliphatic carbocycles. The number of sulfonamides is 1. The summed E-state index contributed by atoms with van der Waals surface area (Å²) >= 11 is 0. The zero-order chi connectivity index (χ0) is 21.3. The van der Waals surface area contributed by atoms with Crippen LogP contribution in [-0.2, 0) is 15.8 Å². The quantitative estimate of drug-likeness (QED) is 0.808. The lowest BCUT2D eigenvalue weighted by molar-refractivity contribution is 0.0528. The van der Waals surface area contributed by atoms with Crippen LogP contribution >= 0.6 is 0 Å². The van der Waals surface area contributed by atoms with E-state index in [1.54, 1.807) is 18.2 Å². The van der Waals surface area contributed by atoms with Crippen molar-refractivity contribution >= 4 is 21.8 Å². The minimum Gasteiger partial charge on any atom is -0.491 e. The van der Waals surface area contributed by atoms with Crippen LogP contribution in [0, 0.1) is 6.92 Å². The van der Waals surface area contributed by atoms with Crippen LogP contribution in [0.2, 0.25) is 0 Å². The predicted molar refractivity (Wildman–Crippen MR) is 115 cm³/mol. The van der Waals surface area contributed by atoms with Crippen LogP contribution in [0.4, 0.5) is 0 Å². The fourth-order valence-electron chi connectivity index (χ4n) is 4.10. The Hall–Kier alpha value is -2.87. The molecule has 2 heterocycles. The Balaban J connectivity index is 1.54. The van der Waals surface area contributed by atoms with Crippen molar-refractivity contribution in [2.24, 2.45) is 10.1 Å². The molecule has 0 aromatic heterocycles. The first-order valence-electron chi connectivity index (χ1n) is 10.0. The molecule has 0 radical (unpaired) electrons. The van der Waals surface area contributed by atoms with Gasteiger partial charge in [0.1, 0.15) is 18.2 Å². The van der Waals surface area contributed by atoms with Gasteiger partial charge in [0.15, 0.2) is 0 Å². The average Bonchev–Trinajstić information content (AvgIpc) is 2.70. The second-order valence-corrected chi connectivity index (χ2v) is 9.46. The molecule has 1 atom stereocenters. The number of nitrogens with two attached hydrogens (primary N) is 1. The third kappa shape index (κ3) is 4.18. The Morgan fingerprint density at radius 3 is 2.83 bits per heavy atom. The fourth-order valence-corrected chi connectivity index (χ4v) is 5.19. The third-order valence-corrected chi connectivity index (χ3v) is 6.68. The third-order valence-electron chi connectivity index (χ3n) is 5.53. The SMILES string of the molecule is Cc1cccc(C(=O)N2CCCC[C@@H]2COc2cccc3c2C(N)=NS(=O)(=O)C3)c1. The number of benzene rings is 2. The molecule has 30 heavy (non-hydrogen) atoms. The van der Waals surface area contributed by atoms with Gasteiger partial charge in [-0.1, -0.05) is 29.8 Å². The summed E-state index contributed by atoms with van der Waals surface area (Å²) in [4.78, 5) is 15.0. The van der Waals surface area contributed by atoms with Crippen molar-refractivity contribution in [1.29, 1.82) is 0 Å². The maximum Gasteiger partial charge on any atom is 0.259 e. The molecule has 0 unspecified atom stereocenters. The van der Waals surface area contributed by atoms with Gasteiger partial charge in [0.2, 0.25) is 0 Å². The van der Waals surface area contributed by atoms with E-state index in [1.807, 2.05) is 36.1 Å². The summed E-state index contributed by atoms with van der Waals surface area (Å²) < 4.78 is 33.4. The van der Waals surface area contributed by atoms with E-state index in [0.717, 1.165) is 24.8 Å². The van der Waals surface area contributed by atoms with Crippen LogP contribution in [0.5, 0.6) is 5.75 Å². The first-order chi connectivity index (χ1) is 14.3. The van der Waals surface area contributed by atoms with E-state index < -0.39 is 10.0 Å². The second-order valence-electron chi connectivity index (χ2n) is 7.82. The molecule has 7 nitrogen and oxygen atoms in total. The van der Waals surface area contributed by atoms with E-state index in [0.29, 0.717) is 35.6 Å². The van der Waals surface area contributed by atoms with Crippen LogP contribution in [0.3, 0.4) is 0 Å². The lowest BCUT2D eigenvalue weighted by Gasteiger charge is -2.36. The van der Waals surface area contributed by atoms with Crippen LogP contribution in [0.25, 0.3) is 0 Å². The normalized spacial score (nSPS) is 20.2. The van der Waals surface area contributed by atoms with Gasteiger partial charge in [-0.05, 0) is 49.9 Å². The molecule has 2 aromatic rings. The van der Waals surface area contributed by atoms with E-state index in [4.69, 9.17) is 10.5 Å². The monoisotopic (exact) mass is 427 g/mol. The number of amides is 1. The minimum absolute atomic E-state index is 0.00857. The number of piperidine rings is 1. The van der Waals surface area contributed by atoms with Gasteiger partial charge in [-0.3, -0.25) is 4.79 Å². The van der Waals surface area contributed by atoms with E-state index >= 15 is 0 Å². The molecule has 4 rings (SSSR count). The molecule has 0 saturated carbocycles. The van der Waals surface area contributed by atoms with Gasteiger partial charge in [0.25, 0.3) is 15.9 Å². The maximum atomic E-state index is 13.1. The average molecular weight is 428 g/mol. The van der Waals surface area contributed by atoms with Crippen LogP contribution < -0.4 is 10.5 Å². The minimum atomic E-state index is -3.60.